The molecule has 3 rings (SSSR count). The molecule has 0 spiro atoms. The number of rotatable bonds is 27. The van der Waals surface area contributed by atoms with Crippen molar-refractivity contribution in [3.05, 3.63) is 108 Å². The summed E-state index contributed by atoms with van der Waals surface area (Å²) in [5, 5.41) is 0. The Morgan fingerprint density at radius 1 is 0.714 bits per heavy atom. The molecule has 0 amide bonds. The number of unbranched alkanes of at least 4 members (excludes halogenated alkanes) is 3. The lowest BCUT2D eigenvalue weighted by atomic mass is 10.1. The molecule has 0 aromatic heterocycles. The van der Waals surface area contributed by atoms with Gasteiger partial charge < -0.3 is 28.6 Å². The zero-order chi connectivity index (χ0) is 34.9. The lowest BCUT2D eigenvalue weighted by Gasteiger charge is -2.11. The van der Waals surface area contributed by atoms with Crippen molar-refractivity contribution < 1.29 is 48.0 Å². The summed E-state index contributed by atoms with van der Waals surface area (Å²) in [6.45, 7) is 13.8. The quantitative estimate of drug-likeness (QED) is 0.0149. The topological polar surface area (TPSA) is 100 Å². The van der Waals surface area contributed by atoms with Gasteiger partial charge in [-0.15, -0.1) is 6.58 Å². The van der Waals surface area contributed by atoms with Gasteiger partial charge in [0.25, 0.3) is 0 Å². The maximum atomic E-state index is 12.8. The number of benzene rings is 3. The van der Waals surface area contributed by atoms with Crippen molar-refractivity contribution in [2.24, 2.45) is 0 Å². The second-order valence-electron chi connectivity index (χ2n) is 11.1. The van der Waals surface area contributed by atoms with Crippen LogP contribution in [0.2, 0.25) is 0 Å². The summed E-state index contributed by atoms with van der Waals surface area (Å²) in [6, 6.07) is 19.7. The molecule has 0 aliphatic rings. The van der Waals surface area contributed by atoms with Crippen molar-refractivity contribution in [3.63, 3.8) is 0 Å². The van der Waals surface area contributed by atoms with Gasteiger partial charge in [0.2, 0.25) is 0 Å². The lowest BCUT2D eigenvalue weighted by molar-refractivity contribution is -0.286. The fourth-order valence-corrected chi connectivity index (χ4v) is 4.39. The van der Waals surface area contributed by atoms with Gasteiger partial charge in [-0.3, -0.25) is 0 Å². The minimum Gasteiger partial charge on any atom is -0.494 e. The second-order valence-corrected chi connectivity index (χ2v) is 11.1. The minimum absolute atomic E-state index is 0.256. The first-order valence-corrected chi connectivity index (χ1v) is 16.7. The Labute approximate surface area is 290 Å². The summed E-state index contributed by atoms with van der Waals surface area (Å²) in [5.74, 6) is 1.79. The van der Waals surface area contributed by atoms with E-state index in [9.17, 15) is 4.79 Å². The van der Waals surface area contributed by atoms with Crippen LogP contribution in [0.5, 0.6) is 17.2 Å². The van der Waals surface area contributed by atoms with E-state index in [0.29, 0.717) is 69.1 Å². The first kappa shape index (κ1) is 39.3. The molecular weight excluding hydrogens is 628 g/mol. The van der Waals surface area contributed by atoms with Gasteiger partial charge in [-0.05, 0) is 86.2 Å². The van der Waals surface area contributed by atoms with E-state index in [2.05, 4.69) is 13.2 Å². The van der Waals surface area contributed by atoms with Gasteiger partial charge in [0.1, 0.15) is 30.5 Å². The SMILES string of the molecule is C=CCOOCCCCCCOc1ccc(COOc2ccc(OC(=O)c3ccc(C(=C)OCCCOCCCOC)cc3)cc2C)cc1. The predicted molar refractivity (Wildman–Crippen MR) is 187 cm³/mol. The number of aryl methyl sites for hydroxylation is 1. The molecule has 0 aliphatic heterocycles. The van der Waals surface area contributed by atoms with Crippen LogP contribution in [0.15, 0.2) is 86.0 Å². The van der Waals surface area contributed by atoms with Crippen molar-refractivity contribution in [1.82, 2.24) is 0 Å². The van der Waals surface area contributed by atoms with Gasteiger partial charge in [0.05, 0.1) is 25.4 Å². The fourth-order valence-electron chi connectivity index (χ4n) is 4.39. The van der Waals surface area contributed by atoms with Crippen LogP contribution in [-0.2, 0) is 35.5 Å². The van der Waals surface area contributed by atoms with Crippen LogP contribution in [0.4, 0.5) is 0 Å². The van der Waals surface area contributed by atoms with E-state index in [1.54, 1.807) is 55.7 Å². The monoisotopic (exact) mass is 678 g/mol. The Balaban J connectivity index is 1.31. The molecule has 266 valence electrons. The van der Waals surface area contributed by atoms with E-state index in [0.717, 1.165) is 61.0 Å². The molecule has 10 nitrogen and oxygen atoms in total. The Hall–Kier alpha value is -4.19. The molecule has 3 aromatic carbocycles. The minimum atomic E-state index is -0.475. The first-order valence-electron chi connectivity index (χ1n) is 16.7. The Bertz CT molecular complexity index is 1370. The summed E-state index contributed by atoms with van der Waals surface area (Å²) in [6.07, 6.45) is 7.31. The number of esters is 1. The summed E-state index contributed by atoms with van der Waals surface area (Å²) in [7, 11) is 1.67. The third-order valence-corrected chi connectivity index (χ3v) is 7.10. The molecule has 0 N–H and O–H groups in total. The normalized spacial score (nSPS) is 10.8. The van der Waals surface area contributed by atoms with Gasteiger partial charge in [-0.25, -0.2) is 14.6 Å². The first-order chi connectivity index (χ1) is 24.0. The Morgan fingerprint density at radius 3 is 2.12 bits per heavy atom. The van der Waals surface area contributed by atoms with E-state index in [-0.39, 0.29) is 6.61 Å². The summed E-state index contributed by atoms with van der Waals surface area (Å²) in [4.78, 5) is 33.7. The number of carbonyl (C=O) groups excluding carboxylic acids is 1. The maximum Gasteiger partial charge on any atom is 0.343 e. The molecule has 0 saturated heterocycles. The van der Waals surface area contributed by atoms with Crippen molar-refractivity contribution >= 4 is 11.7 Å². The van der Waals surface area contributed by atoms with Gasteiger partial charge in [-0.2, -0.15) is 4.89 Å². The largest absolute Gasteiger partial charge is 0.494 e. The molecule has 0 unspecified atom stereocenters. The van der Waals surface area contributed by atoms with Crippen LogP contribution in [0, 0.1) is 6.92 Å². The summed E-state index contributed by atoms with van der Waals surface area (Å²) < 4.78 is 27.7. The van der Waals surface area contributed by atoms with Gasteiger partial charge >= 0.3 is 5.97 Å². The van der Waals surface area contributed by atoms with Crippen LogP contribution < -0.4 is 14.4 Å². The molecule has 49 heavy (non-hydrogen) atoms. The molecule has 3 aromatic rings. The molecule has 0 radical (unpaired) electrons. The van der Waals surface area contributed by atoms with Crippen LogP contribution in [0.25, 0.3) is 5.76 Å². The van der Waals surface area contributed by atoms with Crippen LogP contribution in [0.3, 0.4) is 0 Å². The zero-order valence-corrected chi connectivity index (χ0v) is 28.8. The highest BCUT2D eigenvalue weighted by Crippen LogP contribution is 2.25. The highest BCUT2D eigenvalue weighted by Gasteiger charge is 2.12. The zero-order valence-electron chi connectivity index (χ0n) is 28.8. The second kappa shape index (κ2) is 24.0. The number of hydrogen-bond acceptors (Lipinski definition) is 10. The molecule has 0 bridgehead atoms. The summed E-state index contributed by atoms with van der Waals surface area (Å²) >= 11 is 0. The molecule has 0 aliphatic carbocycles. The molecule has 10 heteroatoms. The summed E-state index contributed by atoms with van der Waals surface area (Å²) in [5.41, 5.74) is 2.89. The third kappa shape index (κ3) is 16.2. The number of carbonyl (C=O) groups is 1. The Morgan fingerprint density at radius 2 is 1.41 bits per heavy atom. The maximum absolute atomic E-state index is 12.8. The van der Waals surface area contributed by atoms with E-state index < -0.39 is 5.97 Å². The van der Waals surface area contributed by atoms with Gasteiger partial charge in [0.15, 0.2) is 5.75 Å². The van der Waals surface area contributed by atoms with E-state index in [1.807, 2.05) is 31.2 Å². The smallest absolute Gasteiger partial charge is 0.343 e. The van der Waals surface area contributed by atoms with Crippen LogP contribution in [-0.4, -0.2) is 59.3 Å². The highest BCUT2D eigenvalue weighted by molar-refractivity contribution is 5.91. The van der Waals surface area contributed by atoms with Gasteiger partial charge in [-0.1, -0.05) is 43.3 Å². The molecule has 0 heterocycles. The molecular formula is C39H50O10. The van der Waals surface area contributed by atoms with Crippen molar-refractivity contribution in [1.29, 1.82) is 0 Å². The molecule has 0 saturated carbocycles. The highest BCUT2D eigenvalue weighted by atomic mass is 17.2. The fraction of sp³-hybridized carbons (Fsp3) is 0.410. The Kier molecular flexibility index (Phi) is 19.2. The standard InChI is InChI=1S/C39H50O10/c1-5-22-45-46-28-9-7-6-8-26-44-36-18-12-33(13-19-36)30-47-49-38-21-20-37(29-31(38)2)48-39(40)35-16-14-34(15-17-35)32(3)43-27-11-25-42-24-10-23-41-4/h5,12-21,29H,1,3,6-11,22-28,30H2,2,4H3. The van der Waals surface area contributed by atoms with Crippen molar-refractivity contribution in [2.45, 2.75) is 52.1 Å². The molecule has 0 atom stereocenters. The lowest BCUT2D eigenvalue weighted by Crippen LogP contribution is -2.09. The van der Waals surface area contributed by atoms with Gasteiger partial charge in [0, 0.05) is 38.9 Å². The number of ether oxygens (including phenoxy) is 5. The van der Waals surface area contributed by atoms with E-state index in [4.69, 9.17) is 43.2 Å². The van der Waals surface area contributed by atoms with E-state index in [1.165, 1.54) is 0 Å². The van der Waals surface area contributed by atoms with Crippen LogP contribution in [0.1, 0.15) is 65.6 Å². The number of methoxy groups -OCH3 is 1. The number of hydrogen-bond donors (Lipinski definition) is 0. The predicted octanol–water partition coefficient (Wildman–Crippen LogP) is 8.23. The molecule has 0 fully saturated rings. The average Bonchev–Trinajstić information content (AvgIpc) is 3.11. The third-order valence-electron chi connectivity index (χ3n) is 7.10. The van der Waals surface area contributed by atoms with E-state index >= 15 is 0 Å². The van der Waals surface area contributed by atoms with Crippen molar-refractivity contribution in [2.75, 3.05) is 53.4 Å². The average molecular weight is 679 g/mol. The van der Waals surface area contributed by atoms with Crippen molar-refractivity contribution in [3.8, 4) is 17.2 Å². The van der Waals surface area contributed by atoms with Crippen LogP contribution >= 0.6 is 0 Å².